The van der Waals surface area contributed by atoms with Crippen molar-refractivity contribution in [2.75, 3.05) is 13.1 Å². The predicted molar refractivity (Wildman–Crippen MR) is 99.1 cm³/mol. The highest BCUT2D eigenvalue weighted by molar-refractivity contribution is 5.78. The van der Waals surface area contributed by atoms with Crippen molar-refractivity contribution in [1.82, 2.24) is 4.90 Å². The molecule has 0 bridgehead atoms. The first-order valence-corrected chi connectivity index (χ1v) is 10.9. The van der Waals surface area contributed by atoms with E-state index in [2.05, 4.69) is 11.8 Å². The number of likely N-dealkylation sites (tertiary alicyclic amines) is 1. The van der Waals surface area contributed by atoms with Crippen LogP contribution in [0, 0.1) is 28.6 Å². The number of carbonyl (C=O) groups excluding carboxylic acids is 2. The summed E-state index contributed by atoms with van der Waals surface area (Å²) in [5.74, 6) is 2.42. The molecule has 3 aliphatic carbocycles. The molecule has 0 aromatic heterocycles. The third-order valence-electron chi connectivity index (χ3n) is 8.39. The van der Waals surface area contributed by atoms with Gasteiger partial charge in [-0.3, -0.25) is 4.79 Å². The van der Waals surface area contributed by atoms with Gasteiger partial charge >= 0.3 is 0 Å². The minimum Gasteiger partial charge on any atom is -0.342 e. The van der Waals surface area contributed by atoms with Gasteiger partial charge in [0.1, 0.15) is 6.29 Å². The van der Waals surface area contributed by atoms with Crippen LogP contribution in [0.5, 0.6) is 0 Å². The molecule has 3 nitrogen and oxygen atoms in total. The van der Waals surface area contributed by atoms with Gasteiger partial charge in [0, 0.05) is 30.3 Å². The zero-order valence-electron chi connectivity index (χ0n) is 16.0. The van der Waals surface area contributed by atoms with Gasteiger partial charge in [-0.05, 0) is 56.3 Å². The molecule has 3 atom stereocenters. The van der Waals surface area contributed by atoms with Crippen LogP contribution >= 0.6 is 0 Å². The first-order valence-electron chi connectivity index (χ1n) is 10.9. The second kappa shape index (κ2) is 6.70. The number of hydrogen-bond donors (Lipinski definition) is 0. The lowest BCUT2D eigenvalue weighted by atomic mass is 9.43. The van der Waals surface area contributed by atoms with Gasteiger partial charge in [-0.15, -0.1) is 0 Å². The third-order valence-corrected chi connectivity index (χ3v) is 8.39. The Bertz CT molecular complexity index is 522. The standard InChI is InChI=1S/C22H35NO2/c1-2-22-15-23(20(25)12-18-8-9-18)14-19(22)13-21(22,16-24)11-10-17-6-4-3-5-7-17/h16-19H,2-15H2,1H3. The van der Waals surface area contributed by atoms with E-state index in [0.717, 1.165) is 44.7 Å². The summed E-state index contributed by atoms with van der Waals surface area (Å²) in [4.78, 5) is 27.0. The summed E-state index contributed by atoms with van der Waals surface area (Å²) < 4.78 is 0. The van der Waals surface area contributed by atoms with Crippen molar-refractivity contribution in [2.24, 2.45) is 28.6 Å². The molecule has 1 heterocycles. The van der Waals surface area contributed by atoms with Gasteiger partial charge < -0.3 is 9.69 Å². The van der Waals surface area contributed by atoms with Crippen molar-refractivity contribution in [3.8, 4) is 0 Å². The van der Waals surface area contributed by atoms with Gasteiger partial charge in [0.25, 0.3) is 0 Å². The van der Waals surface area contributed by atoms with Crippen molar-refractivity contribution in [2.45, 2.75) is 84.0 Å². The molecule has 3 unspecified atom stereocenters. The summed E-state index contributed by atoms with van der Waals surface area (Å²) in [6.07, 6.45) is 15.8. The van der Waals surface area contributed by atoms with Crippen LogP contribution in [-0.2, 0) is 9.59 Å². The quantitative estimate of drug-likeness (QED) is 0.633. The highest BCUT2D eigenvalue weighted by Crippen LogP contribution is 2.67. The zero-order chi connectivity index (χ0) is 17.5. The molecule has 1 saturated heterocycles. The minimum atomic E-state index is -0.140. The fourth-order valence-corrected chi connectivity index (χ4v) is 6.46. The SMILES string of the molecule is CCC12CN(C(=O)CC3CC3)CC1CC2(C=O)CCC1CCCCC1. The summed E-state index contributed by atoms with van der Waals surface area (Å²) in [7, 11) is 0. The van der Waals surface area contributed by atoms with Crippen LogP contribution in [0.25, 0.3) is 0 Å². The number of rotatable bonds is 7. The number of aldehydes is 1. The molecule has 3 saturated carbocycles. The largest absolute Gasteiger partial charge is 0.342 e. The molecule has 4 fully saturated rings. The Morgan fingerprint density at radius 2 is 1.88 bits per heavy atom. The van der Waals surface area contributed by atoms with Gasteiger partial charge in [0.05, 0.1) is 0 Å². The average molecular weight is 346 g/mol. The van der Waals surface area contributed by atoms with Crippen LogP contribution < -0.4 is 0 Å². The molecule has 0 N–H and O–H groups in total. The molecule has 0 aromatic rings. The van der Waals surface area contributed by atoms with E-state index in [4.69, 9.17) is 0 Å². The van der Waals surface area contributed by atoms with Crippen molar-refractivity contribution in [1.29, 1.82) is 0 Å². The number of nitrogens with zero attached hydrogens (tertiary/aromatic N) is 1. The average Bonchev–Trinajstić information content (AvgIpc) is 3.39. The topological polar surface area (TPSA) is 37.4 Å². The first kappa shape index (κ1) is 17.5. The summed E-state index contributed by atoms with van der Waals surface area (Å²) in [5, 5.41) is 0. The van der Waals surface area contributed by atoms with Crippen molar-refractivity contribution < 1.29 is 9.59 Å². The number of fused-ring (bicyclic) bond motifs is 1. The van der Waals surface area contributed by atoms with E-state index >= 15 is 0 Å². The van der Waals surface area contributed by atoms with Crippen LogP contribution in [0.4, 0.5) is 0 Å². The molecule has 0 spiro atoms. The maximum Gasteiger partial charge on any atom is 0.222 e. The van der Waals surface area contributed by atoms with Crippen molar-refractivity contribution in [3.05, 3.63) is 0 Å². The van der Waals surface area contributed by atoms with E-state index in [0.29, 0.717) is 17.7 Å². The molecule has 25 heavy (non-hydrogen) atoms. The van der Waals surface area contributed by atoms with E-state index in [1.54, 1.807) is 0 Å². The zero-order valence-corrected chi connectivity index (χ0v) is 16.0. The summed E-state index contributed by atoms with van der Waals surface area (Å²) in [5.41, 5.74) is -0.0545. The molecule has 0 aromatic carbocycles. The Morgan fingerprint density at radius 3 is 2.52 bits per heavy atom. The van der Waals surface area contributed by atoms with Crippen LogP contribution in [0.2, 0.25) is 0 Å². The minimum absolute atomic E-state index is 0.0859. The van der Waals surface area contributed by atoms with Gasteiger partial charge in [0.15, 0.2) is 0 Å². The van der Waals surface area contributed by atoms with Gasteiger partial charge in [-0.2, -0.15) is 0 Å². The second-order valence-corrected chi connectivity index (χ2v) is 9.65. The molecule has 4 aliphatic rings. The number of hydrogen-bond acceptors (Lipinski definition) is 2. The maximum absolute atomic E-state index is 12.6. The molecule has 140 valence electrons. The number of carbonyl (C=O) groups is 2. The lowest BCUT2D eigenvalue weighted by Gasteiger charge is -2.59. The summed E-state index contributed by atoms with van der Waals surface area (Å²) >= 11 is 0. The lowest BCUT2D eigenvalue weighted by molar-refractivity contribution is -0.153. The molecule has 4 rings (SSSR count). The molecular formula is C22H35NO2. The Morgan fingerprint density at radius 1 is 1.12 bits per heavy atom. The maximum atomic E-state index is 12.6. The third kappa shape index (κ3) is 2.96. The Labute approximate surface area is 152 Å². The molecule has 1 amide bonds. The van der Waals surface area contributed by atoms with Gasteiger partial charge in [-0.25, -0.2) is 0 Å². The van der Waals surface area contributed by atoms with Gasteiger partial charge in [0.2, 0.25) is 5.91 Å². The van der Waals surface area contributed by atoms with E-state index in [9.17, 15) is 9.59 Å². The summed E-state index contributed by atoms with van der Waals surface area (Å²) in [6, 6.07) is 0. The fourth-order valence-electron chi connectivity index (χ4n) is 6.46. The smallest absolute Gasteiger partial charge is 0.222 e. The fraction of sp³-hybridized carbons (Fsp3) is 0.909. The predicted octanol–water partition coefficient (Wildman–Crippen LogP) is 4.59. The normalized spacial score (nSPS) is 38.3. The lowest BCUT2D eigenvalue weighted by Crippen LogP contribution is -2.59. The van der Waals surface area contributed by atoms with E-state index in [-0.39, 0.29) is 10.8 Å². The molecule has 0 radical (unpaired) electrons. The van der Waals surface area contributed by atoms with Crippen LogP contribution in [0.1, 0.15) is 84.0 Å². The highest BCUT2D eigenvalue weighted by atomic mass is 16.2. The highest BCUT2D eigenvalue weighted by Gasteiger charge is 2.67. The Kier molecular flexibility index (Phi) is 4.70. The van der Waals surface area contributed by atoms with Crippen LogP contribution in [0.15, 0.2) is 0 Å². The van der Waals surface area contributed by atoms with Crippen LogP contribution in [0.3, 0.4) is 0 Å². The Balaban J connectivity index is 1.42. The van der Waals surface area contributed by atoms with E-state index in [1.807, 2.05) is 0 Å². The van der Waals surface area contributed by atoms with E-state index < -0.39 is 0 Å². The molecule has 3 heteroatoms. The van der Waals surface area contributed by atoms with E-state index in [1.165, 1.54) is 57.7 Å². The second-order valence-electron chi connectivity index (χ2n) is 9.65. The summed E-state index contributed by atoms with van der Waals surface area (Å²) in [6.45, 7) is 4.02. The molecular weight excluding hydrogens is 310 g/mol. The monoisotopic (exact) mass is 345 g/mol. The molecule has 1 aliphatic heterocycles. The van der Waals surface area contributed by atoms with Gasteiger partial charge in [-0.1, -0.05) is 39.0 Å². The number of amides is 1. The Hall–Kier alpha value is -0.860. The van der Waals surface area contributed by atoms with Crippen LogP contribution in [-0.4, -0.2) is 30.2 Å². The van der Waals surface area contributed by atoms with Crippen molar-refractivity contribution >= 4 is 12.2 Å². The first-order chi connectivity index (χ1) is 12.1. The van der Waals surface area contributed by atoms with Crippen molar-refractivity contribution in [3.63, 3.8) is 0 Å².